The van der Waals surface area contributed by atoms with Crippen molar-refractivity contribution in [1.29, 1.82) is 0 Å². The first kappa shape index (κ1) is 13.6. The number of amides is 1. The van der Waals surface area contributed by atoms with Gasteiger partial charge in [0.05, 0.1) is 0 Å². The van der Waals surface area contributed by atoms with E-state index in [0.717, 1.165) is 6.42 Å². The Hall–Kier alpha value is -1.43. The molecule has 0 aliphatic heterocycles. The van der Waals surface area contributed by atoms with Crippen LogP contribution in [0.4, 0.5) is 6.01 Å². The van der Waals surface area contributed by atoms with Crippen molar-refractivity contribution in [2.24, 2.45) is 17.6 Å². The van der Waals surface area contributed by atoms with Crippen LogP contribution >= 0.6 is 0 Å². The summed E-state index contributed by atoms with van der Waals surface area (Å²) in [5.74, 6) is 1.09. The Labute approximate surface area is 101 Å². The van der Waals surface area contributed by atoms with Crippen LogP contribution in [0.3, 0.4) is 0 Å². The summed E-state index contributed by atoms with van der Waals surface area (Å²) in [4.78, 5) is 15.6. The van der Waals surface area contributed by atoms with Gasteiger partial charge in [0.2, 0.25) is 5.91 Å². The number of anilines is 1. The zero-order chi connectivity index (χ0) is 12.8. The largest absolute Gasteiger partial charge is 0.330 e. The molecule has 1 amide bonds. The summed E-state index contributed by atoms with van der Waals surface area (Å²) in [5.41, 5.74) is 5.64. The highest BCUT2D eigenvalue weighted by molar-refractivity contribution is 5.88. The minimum absolute atomic E-state index is 0.134. The number of aryl methyl sites for hydroxylation is 1. The second kappa shape index (κ2) is 6.34. The van der Waals surface area contributed by atoms with Gasteiger partial charge in [-0.2, -0.15) is 4.98 Å². The lowest BCUT2D eigenvalue weighted by Crippen LogP contribution is -2.23. The Morgan fingerprint density at radius 2 is 2.24 bits per heavy atom. The summed E-state index contributed by atoms with van der Waals surface area (Å²) in [6.45, 7) is 6.43. The Bertz CT molecular complexity index is 362. The summed E-state index contributed by atoms with van der Waals surface area (Å²) >= 11 is 0. The van der Waals surface area contributed by atoms with Gasteiger partial charge in [-0.15, -0.1) is 0 Å². The predicted octanol–water partition coefficient (Wildman–Crippen LogP) is 1.33. The van der Waals surface area contributed by atoms with Crippen LogP contribution in [-0.2, 0) is 4.79 Å². The van der Waals surface area contributed by atoms with Crippen LogP contribution in [0.5, 0.6) is 0 Å². The molecule has 6 nitrogen and oxygen atoms in total. The second-order valence-corrected chi connectivity index (χ2v) is 4.63. The fourth-order valence-electron chi connectivity index (χ4n) is 1.71. The highest BCUT2D eigenvalue weighted by atomic mass is 16.5. The van der Waals surface area contributed by atoms with E-state index in [0.29, 0.717) is 24.7 Å². The van der Waals surface area contributed by atoms with E-state index in [-0.39, 0.29) is 17.8 Å². The zero-order valence-electron chi connectivity index (χ0n) is 10.6. The average Bonchev–Trinajstić information content (AvgIpc) is 2.62. The highest BCUT2D eigenvalue weighted by Gasteiger charge is 2.15. The molecular weight excluding hydrogens is 220 g/mol. The third-order valence-corrected chi connectivity index (χ3v) is 2.39. The van der Waals surface area contributed by atoms with E-state index in [1.54, 1.807) is 6.92 Å². The van der Waals surface area contributed by atoms with Crippen molar-refractivity contribution in [1.82, 2.24) is 10.1 Å². The number of hydrogen-bond donors (Lipinski definition) is 2. The number of nitrogens with one attached hydrogen (secondary N) is 1. The molecule has 0 aromatic carbocycles. The molecule has 0 saturated carbocycles. The molecule has 1 aromatic heterocycles. The van der Waals surface area contributed by atoms with Crippen molar-refractivity contribution < 1.29 is 9.32 Å². The van der Waals surface area contributed by atoms with E-state index >= 15 is 0 Å². The lowest BCUT2D eigenvalue weighted by molar-refractivity contribution is -0.117. The van der Waals surface area contributed by atoms with Crippen molar-refractivity contribution in [3.63, 3.8) is 0 Å². The second-order valence-electron chi connectivity index (χ2n) is 4.63. The molecule has 1 atom stereocenters. The normalized spacial score (nSPS) is 12.8. The van der Waals surface area contributed by atoms with Crippen molar-refractivity contribution in [3.05, 3.63) is 5.82 Å². The summed E-state index contributed by atoms with van der Waals surface area (Å²) in [6, 6.07) is 0.146. The summed E-state index contributed by atoms with van der Waals surface area (Å²) in [5, 5.41) is 6.16. The molecule has 1 rings (SSSR count). The maximum absolute atomic E-state index is 11.7. The van der Waals surface area contributed by atoms with Crippen LogP contribution < -0.4 is 11.1 Å². The van der Waals surface area contributed by atoms with Crippen molar-refractivity contribution in [2.45, 2.75) is 33.6 Å². The molecule has 0 spiro atoms. The van der Waals surface area contributed by atoms with Gasteiger partial charge in [-0.25, -0.2) is 0 Å². The number of hydrogen-bond acceptors (Lipinski definition) is 5. The van der Waals surface area contributed by atoms with Gasteiger partial charge in [0, 0.05) is 6.42 Å². The van der Waals surface area contributed by atoms with Gasteiger partial charge in [-0.3, -0.25) is 10.1 Å². The number of rotatable bonds is 6. The van der Waals surface area contributed by atoms with Crippen LogP contribution in [0.2, 0.25) is 0 Å². The standard InChI is InChI=1S/C11H20N4O2/c1-7(2)4-9(6-12)5-10(16)14-11-13-8(3)15-17-11/h7,9H,4-6,12H2,1-3H3,(H,13,14,15,16). The number of nitrogens with zero attached hydrogens (tertiary/aromatic N) is 2. The van der Waals surface area contributed by atoms with Crippen molar-refractivity contribution in [3.8, 4) is 0 Å². The maximum atomic E-state index is 11.7. The molecule has 0 saturated heterocycles. The minimum Gasteiger partial charge on any atom is -0.330 e. The van der Waals surface area contributed by atoms with Gasteiger partial charge in [0.1, 0.15) is 0 Å². The Balaban J connectivity index is 2.42. The average molecular weight is 240 g/mol. The van der Waals surface area contributed by atoms with Gasteiger partial charge < -0.3 is 10.3 Å². The van der Waals surface area contributed by atoms with Crippen LogP contribution in [0.1, 0.15) is 32.5 Å². The number of nitrogens with two attached hydrogens (primary N) is 1. The molecule has 1 aromatic rings. The Morgan fingerprint density at radius 1 is 1.53 bits per heavy atom. The van der Waals surface area contributed by atoms with Crippen LogP contribution in [0.25, 0.3) is 0 Å². The first-order valence-corrected chi connectivity index (χ1v) is 5.81. The molecule has 1 unspecified atom stereocenters. The fraction of sp³-hybridized carbons (Fsp3) is 0.727. The van der Waals surface area contributed by atoms with E-state index in [2.05, 4.69) is 29.3 Å². The van der Waals surface area contributed by atoms with Crippen LogP contribution in [0, 0.1) is 18.8 Å². The lowest BCUT2D eigenvalue weighted by Gasteiger charge is -2.15. The molecule has 96 valence electrons. The first-order valence-electron chi connectivity index (χ1n) is 5.81. The molecule has 0 aliphatic carbocycles. The van der Waals surface area contributed by atoms with E-state index in [1.807, 2.05) is 0 Å². The van der Waals surface area contributed by atoms with E-state index in [4.69, 9.17) is 10.3 Å². The van der Waals surface area contributed by atoms with E-state index < -0.39 is 0 Å². The van der Waals surface area contributed by atoms with Crippen LogP contribution in [-0.4, -0.2) is 22.6 Å². The van der Waals surface area contributed by atoms with Crippen LogP contribution in [0.15, 0.2) is 4.52 Å². The van der Waals surface area contributed by atoms with Gasteiger partial charge >= 0.3 is 6.01 Å². The molecule has 1 heterocycles. The number of carbonyl (C=O) groups excluding carboxylic acids is 1. The summed E-state index contributed by atoms with van der Waals surface area (Å²) in [6.07, 6.45) is 1.32. The van der Waals surface area contributed by atoms with E-state index in [9.17, 15) is 4.79 Å². The molecular formula is C11H20N4O2. The third kappa shape index (κ3) is 4.95. The fourth-order valence-corrected chi connectivity index (χ4v) is 1.71. The topological polar surface area (TPSA) is 94.0 Å². The maximum Gasteiger partial charge on any atom is 0.328 e. The van der Waals surface area contributed by atoms with E-state index in [1.165, 1.54) is 0 Å². The first-order chi connectivity index (χ1) is 8.01. The molecule has 0 aliphatic rings. The molecule has 0 fully saturated rings. The van der Waals surface area contributed by atoms with Gasteiger partial charge in [0.25, 0.3) is 0 Å². The molecule has 17 heavy (non-hydrogen) atoms. The predicted molar refractivity (Wildman–Crippen MR) is 64.3 cm³/mol. The number of carbonyl (C=O) groups is 1. The molecule has 0 bridgehead atoms. The van der Waals surface area contributed by atoms with Gasteiger partial charge in [-0.05, 0) is 31.7 Å². The Kier molecular flexibility index (Phi) is 5.09. The lowest BCUT2D eigenvalue weighted by atomic mass is 9.94. The summed E-state index contributed by atoms with van der Waals surface area (Å²) < 4.78 is 4.81. The smallest absolute Gasteiger partial charge is 0.328 e. The third-order valence-electron chi connectivity index (χ3n) is 2.39. The monoisotopic (exact) mass is 240 g/mol. The minimum atomic E-state index is -0.134. The SMILES string of the molecule is Cc1noc(NC(=O)CC(CN)CC(C)C)n1. The van der Waals surface area contributed by atoms with Crippen molar-refractivity contribution >= 4 is 11.9 Å². The highest BCUT2D eigenvalue weighted by Crippen LogP contribution is 2.15. The summed E-state index contributed by atoms with van der Waals surface area (Å²) in [7, 11) is 0. The molecule has 3 N–H and O–H groups in total. The Morgan fingerprint density at radius 3 is 2.71 bits per heavy atom. The van der Waals surface area contributed by atoms with Gasteiger partial charge in [0.15, 0.2) is 5.82 Å². The quantitative estimate of drug-likeness (QED) is 0.782. The zero-order valence-corrected chi connectivity index (χ0v) is 10.6. The molecule has 0 radical (unpaired) electrons. The van der Waals surface area contributed by atoms with Crippen molar-refractivity contribution in [2.75, 3.05) is 11.9 Å². The van der Waals surface area contributed by atoms with Gasteiger partial charge in [-0.1, -0.05) is 19.0 Å². The molecule has 6 heteroatoms. The number of aromatic nitrogens is 2.